The summed E-state index contributed by atoms with van der Waals surface area (Å²) in [6.07, 6.45) is 19.3. The van der Waals surface area contributed by atoms with Gasteiger partial charge < -0.3 is 20.3 Å². The number of aryl methyl sites for hydroxylation is 1. The molecule has 7 nitrogen and oxygen atoms in total. The minimum atomic E-state index is -0.875. The summed E-state index contributed by atoms with van der Waals surface area (Å²) in [4.78, 5) is 29.2. The lowest BCUT2D eigenvalue weighted by atomic mass is 9.33. The van der Waals surface area contributed by atoms with Crippen LogP contribution in [-0.2, 0) is 6.54 Å². The Morgan fingerprint density at radius 3 is 2.40 bits per heavy atom. The van der Waals surface area contributed by atoms with Crippen LogP contribution in [-0.4, -0.2) is 38.7 Å². The number of rotatable bonds is 8. The molecule has 5 aliphatic rings. The first-order chi connectivity index (χ1) is 23.7. The Hall–Kier alpha value is -3.35. The molecule has 2 aromatic rings. The summed E-state index contributed by atoms with van der Waals surface area (Å²) in [5.74, 6) is 1.73. The number of carboxylic acids is 1. The molecule has 0 saturated heterocycles. The van der Waals surface area contributed by atoms with Crippen LogP contribution in [0.2, 0.25) is 0 Å². The maximum atomic E-state index is 13.6. The van der Waals surface area contributed by atoms with Gasteiger partial charge in [-0.25, -0.2) is 14.6 Å². The first-order valence-corrected chi connectivity index (χ1v) is 19.4. The van der Waals surface area contributed by atoms with Gasteiger partial charge in [0.15, 0.2) is 0 Å². The van der Waals surface area contributed by atoms with E-state index < -0.39 is 5.97 Å². The van der Waals surface area contributed by atoms with Gasteiger partial charge in [0.2, 0.25) is 0 Å². The summed E-state index contributed by atoms with van der Waals surface area (Å²) >= 11 is 0. The largest absolute Gasteiger partial charge is 0.478 e. The van der Waals surface area contributed by atoms with Crippen LogP contribution < -0.4 is 10.6 Å². The number of benzene rings is 1. The Balaban J connectivity index is 1.13. The number of carboxylic acid groups (broad SMARTS) is 1. The Kier molecular flexibility index (Phi) is 8.70. The maximum Gasteiger partial charge on any atom is 0.335 e. The van der Waals surface area contributed by atoms with Crippen molar-refractivity contribution in [3.8, 4) is 0 Å². The van der Waals surface area contributed by atoms with E-state index in [0.717, 1.165) is 50.6 Å². The molecule has 0 aliphatic heterocycles. The second-order valence-corrected chi connectivity index (χ2v) is 18.3. The van der Waals surface area contributed by atoms with Gasteiger partial charge >= 0.3 is 12.0 Å². The van der Waals surface area contributed by atoms with Crippen molar-refractivity contribution in [3.05, 3.63) is 72.3 Å². The molecule has 0 radical (unpaired) electrons. The fraction of sp³-hybridized carbons (Fsp3) is 0.651. The second-order valence-electron chi connectivity index (χ2n) is 18.3. The number of imidazole rings is 1. The van der Waals surface area contributed by atoms with Crippen molar-refractivity contribution in [2.75, 3.05) is 6.54 Å². The highest BCUT2D eigenvalue weighted by atomic mass is 16.4. The zero-order valence-corrected chi connectivity index (χ0v) is 31.4. The second kappa shape index (κ2) is 12.4. The molecule has 4 saturated carbocycles. The third-order valence-corrected chi connectivity index (χ3v) is 15.9. The zero-order chi connectivity index (χ0) is 35.7. The predicted molar refractivity (Wildman–Crippen MR) is 199 cm³/mol. The lowest BCUT2D eigenvalue weighted by Gasteiger charge is -2.72. The molecule has 50 heavy (non-hydrogen) atoms. The van der Waals surface area contributed by atoms with Crippen molar-refractivity contribution < 1.29 is 14.7 Å². The topological polar surface area (TPSA) is 96.3 Å². The van der Waals surface area contributed by atoms with Crippen LogP contribution in [0.5, 0.6) is 0 Å². The smallest absolute Gasteiger partial charge is 0.335 e. The molecule has 5 aliphatic carbocycles. The van der Waals surface area contributed by atoms with Gasteiger partial charge in [-0.3, -0.25) is 0 Å². The van der Waals surface area contributed by atoms with Crippen LogP contribution in [0.25, 0.3) is 5.57 Å². The van der Waals surface area contributed by atoms with Crippen molar-refractivity contribution in [1.29, 1.82) is 0 Å². The molecule has 0 spiro atoms. The fourth-order valence-electron chi connectivity index (χ4n) is 13.4. The quantitative estimate of drug-likeness (QED) is 0.191. The van der Waals surface area contributed by atoms with Crippen molar-refractivity contribution in [2.45, 2.75) is 118 Å². The number of hydrogen-bond acceptors (Lipinski definition) is 3. The van der Waals surface area contributed by atoms with E-state index >= 15 is 0 Å². The number of carbonyl (C=O) groups excluding carboxylic acids is 1. The summed E-state index contributed by atoms with van der Waals surface area (Å²) in [5.41, 5.74) is 4.60. The number of carbonyl (C=O) groups is 2. The first-order valence-electron chi connectivity index (χ1n) is 19.4. The molecule has 9 atom stereocenters. The number of aromatic nitrogens is 2. The minimum absolute atomic E-state index is 0.00884. The molecule has 9 unspecified atom stereocenters. The van der Waals surface area contributed by atoms with Crippen LogP contribution in [0.4, 0.5) is 4.79 Å². The Bertz CT molecular complexity index is 1660. The van der Waals surface area contributed by atoms with Gasteiger partial charge in [-0.1, -0.05) is 65.0 Å². The lowest BCUT2D eigenvalue weighted by Crippen LogP contribution is -2.68. The monoisotopic (exact) mass is 680 g/mol. The van der Waals surface area contributed by atoms with E-state index in [9.17, 15) is 14.7 Å². The third-order valence-electron chi connectivity index (χ3n) is 15.9. The fourth-order valence-corrected chi connectivity index (χ4v) is 13.4. The molecule has 1 aromatic heterocycles. The van der Waals surface area contributed by atoms with Crippen molar-refractivity contribution in [2.24, 2.45) is 51.2 Å². The average molecular weight is 681 g/mol. The maximum absolute atomic E-state index is 13.6. The van der Waals surface area contributed by atoms with Gasteiger partial charge in [0.25, 0.3) is 0 Å². The van der Waals surface area contributed by atoms with Crippen LogP contribution in [0, 0.1) is 51.2 Å². The Morgan fingerprint density at radius 2 is 1.72 bits per heavy atom. The predicted octanol–water partition coefficient (Wildman–Crippen LogP) is 9.37. The Labute approximate surface area is 299 Å². The molecule has 0 bridgehead atoms. The van der Waals surface area contributed by atoms with E-state index in [2.05, 4.69) is 74.4 Å². The lowest BCUT2D eigenvalue weighted by molar-refractivity contribution is -0.218. The van der Waals surface area contributed by atoms with Crippen LogP contribution in [0.1, 0.15) is 122 Å². The van der Waals surface area contributed by atoms with Crippen LogP contribution in [0.3, 0.4) is 0 Å². The van der Waals surface area contributed by atoms with Crippen molar-refractivity contribution in [1.82, 2.24) is 20.2 Å². The van der Waals surface area contributed by atoms with Gasteiger partial charge in [-0.05, 0) is 146 Å². The van der Waals surface area contributed by atoms with E-state index in [1.165, 1.54) is 36.8 Å². The summed E-state index contributed by atoms with van der Waals surface area (Å²) in [6, 6.07) is 7.54. The summed E-state index contributed by atoms with van der Waals surface area (Å²) in [6.45, 7) is 21.1. The molecule has 7 heteroatoms. The average Bonchev–Trinajstić information content (AvgIpc) is 3.72. The molecule has 1 heterocycles. The standard InChI is InChI=1S/C43H60N4O3/c1-28(2)31-15-20-43(46-38(50)45-23-8-25-47-26-24-44-27-47)22-21-41(6)33(36(31)43)13-14-35-40(5)18-16-32(29-9-11-30(12-10-29)37(48)49)39(3,4)34(40)17-19-42(35,41)7/h9-12,16,24,26-27,31,33-36H,1,8,13-15,17-23,25H2,2-7H3,(H,48,49)(H2,45,46,50). The molecule has 4 fully saturated rings. The molecule has 3 N–H and O–H groups in total. The number of amides is 2. The number of nitrogens with zero attached hydrogens (tertiary/aromatic N) is 2. The summed E-state index contributed by atoms with van der Waals surface area (Å²) in [7, 11) is 0. The number of aromatic carboxylic acids is 1. The molecule has 7 rings (SSSR count). The first kappa shape index (κ1) is 35.1. The molecule has 2 amide bonds. The number of urea groups is 1. The highest BCUT2D eigenvalue weighted by Gasteiger charge is 2.70. The summed E-state index contributed by atoms with van der Waals surface area (Å²) < 4.78 is 2.06. The Morgan fingerprint density at radius 1 is 0.960 bits per heavy atom. The third kappa shape index (κ3) is 5.30. The molecule has 270 valence electrons. The zero-order valence-electron chi connectivity index (χ0n) is 31.4. The van der Waals surface area contributed by atoms with E-state index in [-0.39, 0.29) is 33.2 Å². The van der Waals surface area contributed by atoms with Crippen LogP contribution >= 0.6 is 0 Å². The van der Waals surface area contributed by atoms with Crippen molar-refractivity contribution >= 4 is 17.6 Å². The van der Waals surface area contributed by atoms with E-state index in [1.54, 1.807) is 18.3 Å². The molecule has 1 aromatic carbocycles. The number of allylic oxidation sites excluding steroid dienone is 3. The highest BCUT2D eigenvalue weighted by molar-refractivity contribution is 5.88. The van der Waals surface area contributed by atoms with E-state index in [4.69, 9.17) is 0 Å². The van der Waals surface area contributed by atoms with Crippen LogP contribution in [0.15, 0.2) is 61.2 Å². The molecular weight excluding hydrogens is 620 g/mol. The number of fused-ring (bicyclic) bond motifs is 7. The van der Waals surface area contributed by atoms with Crippen molar-refractivity contribution in [3.63, 3.8) is 0 Å². The molecular formula is C43H60N4O3. The van der Waals surface area contributed by atoms with E-state index in [0.29, 0.717) is 41.7 Å². The highest BCUT2D eigenvalue weighted by Crippen LogP contribution is 2.76. The van der Waals surface area contributed by atoms with Gasteiger partial charge in [-0.2, -0.15) is 0 Å². The van der Waals surface area contributed by atoms with Gasteiger partial charge in [0.1, 0.15) is 0 Å². The van der Waals surface area contributed by atoms with E-state index in [1.807, 2.05) is 24.7 Å². The number of nitrogens with one attached hydrogen (secondary N) is 2. The SMILES string of the molecule is C=C(C)C1CCC2(NC(=O)NCCCn3ccnc3)CCC3(C)C(CCC4C5(C)CC=C(c6ccc(C(=O)O)cc6)C(C)(C)C5CCC43C)C12. The van der Waals surface area contributed by atoms with Gasteiger partial charge in [-0.15, -0.1) is 0 Å². The minimum Gasteiger partial charge on any atom is -0.478 e. The van der Waals surface area contributed by atoms with Gasteiger partial charge in [0.05, 0.1) is 11.9 Å². The van der Waals surface area contributed by atoms with Gasteiger partial charge in [0, 0.05) is 31.0 Å². The number of hydrogen-bond donors (Lipinski definition) is 3. The normalized spacial score (nSPS) is 38.4. The summed E-state index contributed by atoms with van der Waals surface area (Å²) in [5, 5.41) is 16.3.